The molecule has 0 unspecified atom stereocenters. The number of anilines is 1. The molecule has 6 nitrogen and oxygen atoms in total. The van der Waals surface area contributed by atoms with Crippen LogP contribution in [0.2, 0.25) is 0 Å². The number of carbonyl (C=O) groups excluding carboxylic acids is 2. The Labute approximate surface area is 173 Å². The molecule has 0 saturated carbocycles. The van der Waals surface area contributed by atoms with Gasteiger partial charge < -0.3 is 15.7 Å². The predicted molar refractivity (Wildman–Crippen MR) is 116 cm³/mol. The molecule has 160 valence electrons. The highest BCUT2D eigenvalue weighted by molar-refractivity contribution is 7.15. The molecule has 0 fully saturated rings. The van der Waals surface area contributed by atoms with Crippen LogP contribution >= 0.6 is 11.3 Å². The fourth-order valence-corrected chi connectivity index (χ4v) is 4.04. The lowest BCUT2D eigenvalue weighted by Crippen LogP contribution is -2.50. The Bertz CT molecular complexity index is 619. The van der Waals surface area contributed by atoms with Crippen LogP contribution in [0.3, 0.4) is 0 Å². The van der Waals surface area contributed by atoms with Gasteiger partial charge in [0.15, 0.2) is 5.13 Å². The molecule has 0 aliphatic rings. The van der Waals surface area contributed by atoms with Crippen LogP contribution in [0.15, 0.2) is 6.20 Å². The van der Waals surface area contributed by atoms with Crippen molar-refractivity contribution in [3.63, 3.8) is 0 Å². The van der Waals surface area contributed by atoms with Gasteiger partial charge in [0.2, 0.25) is 11.8 Å². The van der Waals surface area contributed by atoms with Crippen molar-refractivity contribution in [2.75, 3.05) is 5.32 Å². The number of amides is 2. The number of thiazole rings is 1. The van der Waals surface area contributed by atoms with E-state index in [1.54, 1.807) is 20.8 Å². The number of nitrogens with zero attached hydrogens (tertiary/aromatic N) is 1. The molecule has 0 aliphatic carbocycles. The van der Waals surface area contributed by atoms with Crippen LogP contribution in [-0.4, -0.2) is 34.1 Å². The van der Waals surface area contributed by atoms with Crippen molar-refractivity contribution in [3.05, 3.63) is 11.1 Å². The molecule has 1 heterocycles. The highest BCUT2D eigenvalue weighted by atomic mass is 32.1. The minimum atomic E-state index is -1.17. The summed E-state index contributed by atoms with van der Waals surface area (Å²) < 4.78 is 0. The Hall–Kier alpha value is -1.47. The van der Waals surface area contributed by atoms with Gasteiger partial charge in [-0.05, 0) is 30.6 Å². The highest BCUT2D eigenvalue weighted by Crippen LogP contribution is 2.32. The SMILES string of the molecule is CCCC(CCC)c1cnc(NC(=O)[C@H](CCC)NC(=O)[C@@H](O)C(C)(C)C)s1. The van der Waals surface area contributed by atoms with Crippen LogP contribution in [-0.2, 0) is 9.59 Å². The van der Waals surface area contributed by atoms with E-state index in [2.05, 4.69) is 29.5 Å². The maximum atomic E-state index is 12.7. The molecule has 0 spiro atoms. The lowest BCUT2D eigenvalue weighted by Gasteiger charge is -2.26. The first kappa shape index (κ1) is 24.6. The Balaban J connectivity index is 2.80. The van der Waals surface area contributed by atoms with Crippen molar-refractivity contribution in [2.45, 2.75) is 98.1 Å². The monoisotopic (exact) mass is 411 g/mol. The normalized spacial score (nSPS) is 14.0. The molecule has 0 aromatic carbocycles. The summed E-state index contributed by atoms with van der Waals surface area (Å²) in [6, 6.07) is -0.691. The second kappa shape index (κ2) is 11.5. The molecule has 7 heteroatoms. The smallest absolute Gasteiger partial charge is 0.250 e. The largest absolute Gasteiger partial charge is 0.383 e. The van der Waals surface area contributed by atoms with Gasteiger partial charge >= 0.3 is 0 Å². The molecular formula is C21H37N3O3S. The van der Waals surface area contributed by atoms with Gasteiger partial charge in [-0.25, -0.2) is 4.98 Å². The molecule has 2 atom stereocenters. The molecule has 3 N–H and O–H groups in total. The van der Waals surface area contributed by atoms with E-state index in [1.165, 1.54) is 16.2 Å². The zero-order valence-electron chi connectivity index (χ0n) is 18.2. The van der Waals surface area contributed by atoms with Crippen LogP contribution in [0.1, 0.15) is 90.9 Å². The Morgan fingerprint density at radius 1 is 1.07 bits per heavy atom. The molecule has 28 heavy (non-hydrogen) atoms. The number of rotatable bonds is 11. The lowest BCUT2D eigenvalue weighted by molar-refractivity contribution is -0.137. The Kier molecular flexibility index (Phi) is 10.1. The van der Waals surface area contributed by atoms with Crippen LogP contribution in [0, 0.1) is 5.41 Å². The fraction of sp³-hybridized carbons (Fsp3) is 0.762. The third-order valence-electron chi connectivity index (χ3n) is 4.71. The van der Waals surface area contributed by atoms with Gasteiger partial charge in [-0.2, -0.15) is 0 Å². The summed E-state index contributed by atoms with van der Waals surface area (Å²) >= 11 is 1.51. The van der Waals surface area contributed by atoms with E-state index in [0.717, 1.165) is 32.1 Å². The maximum Gasteiger partial charge on any atom is 0.250 e. The maximum absolute atomic E-state index is 12.7. The number of aliphatic hydroxyl groups excluding tert-OH is 1. The first-order chi connectivity index (χ1) is 13.1. The van der Waals surface area contributed by atoms with Crippen molar-refractivity contribution in [3.8, 4) is 0 Å². The average molecular weight is 412 g/mol. The quantitative estimate of drug-likeness (QED) is 0.501. The van der Waals surface area contributed by atoms with Gasteiger partial charge in [-0.3, -0.25) is 9.59 Å². The van der Waals surface area contributed by atoms with Gasteiger partial charge in [-0.1, -0.05) is 60.8 Å². The fourth-order valence-electron chi connectivity index (χ4n) is 3.05. The molecule has 1 aromatic heterocycles. The van der Waals surface area contributed by atoms with E-state index in [9.17, 15) is 14.7 Å². The molecule has 0 saturated heterocycles. The van der Waals surface area contributed by atoms with E-state index in [-0.39, 0.29) is 5.91 Å². The first-order valence-corrected chi connectivity index (χ1v) is 11.2. The number of aromatic nitrogens is 1. The van der Waals surface area contributed by atoms with Gasteiger partial charge in [0.1, 0.15) is 12.1 Å². The van der Waals surface area contributed by atoms with Crippen LogP contribution < -0.4 is 10.6 Å². The summed E-state index contributed by atoms with van der Waals surface area (Å²) in [5.74, 6) is -0.335. The van der Waals surface area contributed by atoms with Crippen LogP contribution in [0.25, 0.3) is 0 Å². The van der Waals surface area contributed by atoms with Gasteiger partial charge in [-0.15, -0.1) is 11.3 Å². The van der Waals surface area contributed by atoms with E-state index >= 15 is 0 Å². The molecule has 2 amide bonds. The average Bonchev–Trinajstić information content (AvgIpc) is 3.07. The van der Waals surface area contributed by atoms with E-state index in [0.29, 0.717) is 17.5 Å². The number of carbonyl (C=O) groups is 2. The topological polar surface area (TPSA) is 91.3 Å². The zero-order valence-corrected chi connectivity index (χ0v) is 19.0. The standard InChI is InChI=1S/C21H37N3O3S/c1-7-10-14(11-8-2)16-13-22-20(28-16)24-18(26)15(12-9-3)23-19(27)17(25)21(4,5)6/h13-15,17,25H,7-12H2,1-6H3,(H,23,27)(H,22,24,26)/t15-,17+/m0/s1. The molecule has 0 bridgehead atoms. The summed E-state index contributed by atoms with van der Waals surface area (Å²) in [6.45, 7) is 11.7. The van der Waals surface area contributed by atoms with Gasteiger partial charge in [0, 0.05) is 11.1 Å². The second-order valence-electron chi connectivity index (χ2n) is 8.45. The van der Waals surface area contributed by atoms with Crippen LogP contribution in [0.5, 0.6) is 0 Å². The molecule has 0 radical (unpaired) electrons. The number of hydrogen-bond acceptors (Lipinski definition) is 5. The third-order valence-corrected chi connectivity index (χ3v) is 5.78. The molecule has 1 aromatic rings. The summed E-state index contributed by atoms with van der Waals surface area (Å²) in [6.07, 6.45) is 6.38. The number of hydrogen-bond donors (Lipinski definition) is 3. The Morgan fingerprint density at radius 3 is 2.14 bits per heavy atom. The van der Waals surface area contributed by atoms with E-state index in [4.69, 9.17) is 0 Å². The number of aliphatic hydroxyl groups is 1. The van der Waals surface area contributed by atoms with Crippen molar-refractivity contribution in [1.29, 1.82) is 0 Å². The third kappa shape index (κ3) is 7.51. The van der Waals surface area contributed by atoms with Crippen molar-refractivity contribution < 1.29 is 14.7 Å². The molecular weight excluding hydrogens is 374 g/mol. The van der Waals surface area contributed by atoms with Crippen molar-refractivity contribution >= 4 is 28.3 Å². The van der Waals surface area contributed by atoms with Gasteiger partial charge in [0.05, 0.1) is 0 Å². The zero-order chi connectivity index (χ0) is 21.3. The van der Waals surface area contributed by atoms with Crippen molar-refractivity contribution in [2.24, 2.45) is 5.41 Å². The first-order valence-electron chi connectivity index (χ1n) is 10.4. The summed E-state index contributed by atoms with van der Waals surface area (Å²) in [5, 5.41) is 16.2. The minimum absolute atomic E-state index is 0.292. The van der Waals surface area contributed by atoms with E-state index < -0.39 is 23.5 Å². The van der Waals surface area contributed by atoms with Crippen molar-refractivity contribution in [1.82, 2.24) is 10.3 Å². The van der Waals surface area contributed by atoms with Crippen LogP contribution in [0.4, 0.5) is 5.13 Å². The Morgan fingerprint density at radius 2 is 1.64 bits per heavy atom. The number of nitrogens with one attached hydrogen (secondary N) is 2. The van der Waals surface area contributed by atoms with E-state index in [1.807, 2.05) is 13.1 Å². The summed E-state index contributed by atoms with van der Waals surface area (Å²) in [5.41, 5.74) is -0.588. The molecule has 0 aliphatic heterocycles. The molecule has 1 rings (SSSR count). The summed E-state index contributed by atoms with van der Waals surface area (Å²) in [7, 11) is 0. The minimum Gasteiger partial charge on any atom is -0.383 e. The van der Waals surface area contributed by atoms with Gasteiger partial charge in [0.25, 0.3) is 0 Å². The predicted octanol–water partition coefficient (Wildman–Crippen LogP) is 4.46. The lowest BCUT2D eigenvalue weighted by atomic mass is 9.88. The highest BCUT2D eigenvalue weighted by Gasteiger charge is 2.32. The second-order valence-corrected chi connectivity index (χ2v) is 9.51. The summed E-state index contributed by atoms with van der Waals surface area (Å²) in [4.78, 5) is 30.6.